The number of rotatable bonds is 3. The van der Waals surface area contributed by atoms with Gasteiger partial charge in [-0.1, -0.05) is 18.2 Å². The monoisotopic (exact) mass is 288 g/mol. The Balaban J connectivity index is 2.03. The predicted octanol–water partition coefficient (Wildman–Crippen LogP) is 3.40. The molecule has 0 aromatic heterocycles. The molecule has 0 heterocycles. The van der Waals surface area contributed by atoms with Gasteiger partial charge in [-0.25, -0.2) is 9.18 Å². The van der Waals surface area contributed by atoms with Crippen LogP contribution in [0.1, 0.15) is 6.92 Å². The second kappa shape index (κ2) is 6.51. The van der Waals surface area contributed by atoms with Gasteiger partial charge in [0.15, 0.2) is 0 Å². The zero-order valence-corrected chi connectivity index (χ0v) is 11.2. The highest BCUT2D eigenvalue weighted by atomic mass is 19.1. The van der Waals surface area contributed by atoms with Gasteiger partial charge in [0.25, 0.3) is 0 Å². The molecule has 0 aliphatic heterocycles. The summed E-state index contributed by atoms with van der Waals surface area (Å²) >= 11 is 0. The lowest BCUT2D eigenvalue weighted by atomic mass is 10.3. The SMILES string of the molecule is CC(=O)Nc1cccc(OC(=O)Nc2ccccc2F)c1. The Bertz CT molecular complexity index is 673. The highest BCUT2D eigenvalue weighted by Gasteiger charge is 2.08. The second-order valence-corrected chi connectivity index (χ2v) is 4.20. The van der Waals surface area contributed by atoms with Crippen molar-refractivity contribution in [3.05, 3.63) is 54.3 Å². The van der Waals surface area contributed by atoms with Crippen molar-refractivity contribution in [3.63, 3.8) is 0 Å². The van der Waals surface area contributed by atoms with Crippen molar-refractivity contribution >= 4 is 23.4 Å². The van der Waals surface area contributed by atoms with Crippen LogP contribution in [0.25, 0.3) is 0 Å². The number of nitrogens with one attached hydrogen (secondary N) is 2. The summed E-state index contributed by atoms with van der Waals surface area (Å²) in [5.74, 6) is -0.556. The van der Waals surface area contributed by atoms with Gasteiger partial charge in [-0.05, 0) is 24.3 Å². The molecule has 0 fully saturated rings. The number of amides is 2. The summed E-state index contributed by atoms with van der Waals surface area (Å²) in [7, 11) is 0. The fourth-order valence-corrected chi connectivity index (χ4v) is 1.65. The highest BCUT2D eigenvalue weighted by molar-refractivity contribution is 5.89. The first-order valence-electron chi connectivity index (χ1n) is 6.15. The minimum absolute atomic E-state index is 0.0283. The molecule has 2 amide bonds. The maximum atomic E-state index is 13.4. The van der Waals surface area contributed by atoms with Crippen LogP contribution in [0.5, 0.6) is 5.75 Å². The van der Waals surface area contributed by atoms with E-state index in [0.717, 1.165) is 0 Å². The van der Waals surface area contributed by atoms with Gasteiger partial charge in [-0.15, -0.1) is 0 Å². The summed E-state index contributed by atoms with van der Waals surface area (Å²) in [5, 5.41) is 4.86. The second-order valence-electron chi connectivity index (χ2n) is 4.20. The number of halogens is 1. The van der Waals surface area contributed by atoms with Crippen molar-refractivity contribution in [2.24, 2.45) is 0 Å². The third-order valence-electron chi connectivity index (χ3n) is 2.48. The van der Waals surface area contributed by atoms with Crippen LogP contribution < -0.4 is 15.4 Å². The molecular formula is C15H13FN2O3. The zero-order valence-electron chi connectivity index (χ0n) is 11.2. The molecule has 0 saturated carbocycles. The van der Waals surface area contributed by atoms with Crippen LogP contribution in [-0.4, -0.2) is 12.0 Å². The van der Waals surface area contributed by atoms with Gasteiger partial charge in [0, 0.05) is 18.7 Å². The van der Waals surface area contributed by atoms with E-state index in [4.69, 9.17) is 4.74 Å². The summed E-state index contributed by atoms with van der Waals surface area (Å²) in [6.45, 7) is 1.37. The quantitative estimate of drug-likeness (QED) is 0.909. The first-order chi connectivity index (χ1) is 10.0. The Kier molecular flexibility index (Phi) is 4.50. The molecule has 0 saturated heterocycles. The maximum absolute atomic E-state index is 13.4. The van der Waals surface area contributed by atoms with E-state index in [-0.39, 0.29) is 17.3 Å². The third kappa shape index (κ3) is 4.31. The molecule has 0 spiro atoms. The van der Waals surface area contributed by atoms with Crippen molar-refractivity contribution in [2.75, 3.05) is 10.6 Å². The molecule has 6 heteroatoms. The van der Waals surface area contributed by atoms with Crippen LogP contribution in [0.3, 0.4) is 0 Å². The highest BCUT2D eigenvalue weighted by Crippen LogP contribution is 2.18. The van der Waals surface area contributed by atoms with Crippen molar-refractivity contribution < 1.29 is 18.7 Å². The zero-order chi connectivity index (χ0) is 15.2. The first kappa shape index (κ1) is 14.5. The predicted molar refractivity (Wildman–Crippen MR) is 76.8 cm³/mol. The molecule has 0 aliphatic rings. The molecule has 2 N–H and O–H groups in total. The summed E-state index contributed by atoms with van der Waals surface area (Å²) in [4.78, 5) is 22.6. The van der Waals surface area contributed by atoms with Gasteiger partial charge in [0.2, 0.25) is 5.91 Å². The molecule has 2 rings (SSSR count). The molecule has 2 aromatic rings. The molecule has 21 heavy (non-hydrogen) atoms. The molecule has 0 aliphatic carbocycles. The normalized spacial score (nSPS) is 9.81. The molecule has 0 radical (unpaired) electrons. The summed E-state index contributed by atoms with van der Waals surface area (Å²) in [6.07, 6.45) is -0.819. The van der Waals surface area contributed by atoms with Crippen LogP contribution in [-0.2, 0) is 4.79 Å². The van der Waals surface area contributed by atoms with Crippen molar-refractivity contribution in [1.29, 1.82) is 0 Å². The molecular weight excluding hydrogens is 275 g/mol. The van der Waals surface area contributed by atoms with Crippen molar-refractivity contribution in [2.45, 2.75) is 6.92 Å². The van der Waals surface area contributed by atoms with Crippen LogP contribution in [0, 0.1) is 5.82 Å². The summed E-state index contributed by atoms with van der Waals surface area (Å²) in [5.41, 5.74) is 0.527. The maximum Gasteiger partial charge on any atom is 0.417 e. The van der Waals surface area contributed by atoms with Crippen molar-refractivity contribution in [1.82, 2.24) is 0 Å². The van der Waals surface area contributed by atoms with Crippen molar-refractivity contribution in [3.8, 4) is 5.75 Å². The van der Waals surface area contributed by atoms with Crippen LogP contribution >= 0.6 is 0 Å². The Hall–Kier alpha value is -2.89. The van der Waals surface area contributed by atoms with Gasteiger partial charge in [-0.2, -0.15) is 0 Å². The topological polar surface area (TPSA) is 67.4 Å². The molecule has 108 valence electrons. The lowest BCUT2D eigenvalue weighted by Crippen LogP contribution is -2.17. The van der Waals surface area contributed by atoms with Gasteiger partial charge in [0.05, 0.1) is 5.69 Å². The largest absolute Gasteiger partial charge is 0.417 e. The van der Waals surface area contributed by atoms with E-state index in [9.17, 15) is 14.0 Å². The third-order valence-corrected chi connectivity index (χ3v) is 2.48. The van der Waals surface area contributed by atoms with Gasteiger partial charge in [0.1, 0.15) is 11.6 Å². The fourth-order valence-electron chi connectivity index (χ4n) is 1.65. The lowest BCUT2D eigenvalue weighted by molar-refractivity contribution is -0.114. The van der Waals surface area contributed by atoms with Crippen LogP contribution in [0.4, 0.5) is 20.6 Å². The standard InChI is InChI=1S/C15H13FN2O3/c1-10(19)17-11-5-4-6-12(9-11)21-15(20)18-14-8-3-2-7-13(14)16/h2-9H,1H3,(H,17,19)(H,18,20). The van der Waals surface area contributed by atoms with Gasteiger partial charge >= 0.3 is 6.09 Å². The number of benzene rings is 2. The van der Waals surface area contributed by atoms with Gasteiger partial charge in [-0.3, -0.25) is 10.1 Å². The average molecular weight is 288 g/mol. The number of anilines is 2. The van der Waals surface area contributed by atoms with Crippen LogP contribution in [0.15, 0.2) is 48.5 Å². The van der Waals surface area contributed by atoms with E-state index in [1.165, 1.54) is 31.2 Å². The average Bonchev–Trinajstić information content (AvgIpc) is 2.41. The van der Waals surface area contributed by atoms with E-state index in [0.29, 0.717) is 5.69 Å². The Morgan fingerprint density at radius 2 is 1.81 bits per heavy atom. The number of hydrogen-bond donors (Lipinski definition) is 2. The molecule has 0 atom stereocenters. The number of carbonyl (C=O) groups is 2. The lowest BCUT2D eigenvalue weighted by Gasteiger charge is -2.08. The number of para-hydroxylation sites is 1. The molecule has 0 bridgehead atoms. The van der Waals surface area contributed by atoms with E-state index in [2.05, 4.69) is 10.6 Å². The minimum atomic E-state index is -0.819. The van der Waals surface area contributed by atoms with E-state index < -0.39 is 11.9 Å². The minimum Gasteiger partial charge on any atom is -0.410 e. The number of carbonyl (C=O) groups excluding carboxylic acids is 2. The fraction of sp³-hybridized carbons (Fsp3) is 0.0667. The van der Waals surface area contributed by atoms with Crippen LogP contribution in [0.2, 0.25) is 0 Å². The smallest absolute Gasteiger partial charge is 0.410 e. The summed E-state index contributed by atoms with van der Waals surface area (Å²) < 4.78 is 18.4. The van der Waals surface area contributed by atoms with E-state index in [1.807, 2.05) is 0 Å². The van der Waals surface area contributed by atoms with E-state index >= 15 is 0 Å². The molecule has 5 nitrogen and oxygen atoms in total. The summed E-state index contributed by atoms with van der Waals surface area (Å²) in [6, 6.07) is 12.1. The first-order valence-corrected chi connectivity index (χ1v) is 6.15. The van der Waals surface area contributed by atoms with E-state index in [1.54, 1.807) is 24.3 Å². The molecule has 0 unspecified atom stereocenters. The molecule has 2 aromatic carbocycles. The Morgan fingerprint density at radius 1 is 1.05 bits per heavy atom. The Labute approximate surface area is 120 Å². The number of ether oxygens (including phenoxy) is 1. The number of hydrogen-bond acceptors (Lipinski definition) is 3. The van der Waals surface area contributed by atoms with Gasteiger partial charge < -0.3 is 10.1 Å². The Morgan fingerprint density at radius 3 is 2.52 bits per heavy atom.